The lowest BCUT2D eigenvalue weighted by atomic mass is 10.0. The summed E-state index contributed by atoms with van der Waals surface area (Å²) in [6.07, 6.45) is 0. The Morgan fingerprint density at radius 3 is 2.57 bits per heavy atom. The topological polar surface area (TPSA) is 54.3 Å². The summed E-state index contributed by atoms with van der Waals surface area (Å²) in [5.41, 5.74) is 3.34. The van der Waals surface area contributed by atoms with Crippen LogP contribution in [-0.2, 0) is 29.7 Å². The van der Waals surface area contributed by atoms with Gasteiger partial charge in [-0.1, -0.05) is 71.9 Å². The van der Waals surface area contributed by atoms with Crippen LogP contribution < -0.4 is 5.32 Å². The fourth-order valence-corrected chi connectivity index (χ4v) is 5.79. The first kappa shape index (κ1) is 23.5. The Morgan fingerprint density at radius 1 is 1.09 bits per heavy atom. The molecule has 1 N–H and O–H groups in total. The Kier molecular flexibility index (Phi) is 6.54. The lowest BCUT2D eigenvalue weighted by molar-refractivity contribution is -0.139. The number of thioether (sulfide) groups is 1. The predicted molar refractivity (Wildman–Crippen MR) is 137 cm³/mol. The summed E-state index contributed by atoms with van der Waals surface area (Å²) in [7, 11) is 1.95. The third kappa shape index (κ3) is 4.54. The minimum absolute atomic E-state index is 0.142. The fourth-order valence-electron chi connectivity index (χ4n) is 4.50. The van der Waals surface area contributed by atoms with Crippen molar-refractivity contribution in [3.05, 3.63) is 100 Å². The molecule has 5 rings (SSSR count). The van der Waals surface area contributed by atoms with Gasteiger partial charge in [-0.05, 0) is 35.4 Å². The Hall–Kier alpha value is -3.29. The third-order valence-corrected chi connectivity index (χ3v) is 7.78. The number of rotatable bonds is 5. The van der Waals surface area contributed by atoms with Crippen molar-refractivity contribution in [1.82, 2.24) is 14.8 Å². The summed E-state index contributed by atoms with van der Waals surface area (Å²) in [6, 6.07) is 20.4. The molecule has 0 aliphatic carbocycles. The molecule has 4 aromatic rings. The van der Waals surface area contributed by atoms with Gasteiger partial charge in [-0.3, -0.25) is 9.59 Å². The van der Waals surface area contributed by atoms with Crippen LogP contribution in [-0.4, -0.2) is 27.0 Å². The number of carbonyl (C=O) groups excluding carboxylic acids is 2. The van der Waals surface area contributed by atoms with Crippen LogP contribution in [0.15, 0.2) is 77.8 Å². The maximum absolute atomic E-state index is 13.8. The molecule has 2 heterocycles. The first-order valence-corrected chi connectivity index (χ1v) is 12.6. The molecule has 2 amide bonds. The van der Waals surface area contributed by atoms with Crippen molar-refractivity contribution < 1.29 is 14.0 Å². The minimum atomic E-state index is -0.852. The molecule has 5 nitrogen and oxygen atoms in total. The van der Waals surface area contributed by atoms with Gasteiger partial charge in [0.25, 0.3) is 0 Å². The molecule has 0 saturated heterocycles. The van der Waals surface area contributed by atoms with Crippen LogP contribution in [0.2, 0.25) is 5.02 Å². The summed E-state index contributed by atoms with van der Waals surface area (Å²) in [4.78, 5) is 28.8. The highest BCUT2D eigenvalue weighted by Crippen LogP contribution is 2.42. The van der Waals surface area contributed by atoms with Gasteiger partial charge in [0.15, 0.2) is 0 Å². The highest BCUT2D eigenvalue weighted by atomic mass is 35.5. The quantitative estimate of drug-likeness (QED) is 0.390. The first-order valence-electron chi connectivity index (χ1n) is 11.2. The highest BCUT2D eigenvalue weighted by Gasteiger charge is 2.39. The lowest BCUT2D eigenvalue weighted by Gasteiger charge is -2.30. The van der Waals surface area contributed by atoms with E-state index in [1.54, 1.807) is 23.1 Å². The summed E-state index contributed by atoms with van der Waals surface area (Å²) in [5.74, 6) is -0.562. The molecule has 1 atom stereocenters. The van der Waals surface area contributed by atoms with E-state index < -0.39 is 6.04 Å². The fraction of sp³-hybridized carbons (Fsp3) is 0.185. The van der Waals surface area contributed by atoms with E-state index in [0.29, 0.717) is 5.02 Å². The number of carbonyl (C=O) groups is 2. The Morgan fingerprint density at radius 2 is 1.80 bits per heavy atom. The predicted octanol–water partition coefficient (Wildman–Crippen LogP) is 5.46. The Labute approximate surface area is 211 Å². The molecular weight excluding hydrogens is 485 g/mol. The van der Waals surface area contributed by atoms with Crippen molar-refractivity contribution >= 4 is 46.1 Å². The second-order valence-corrected chi connectivity index (χ2v) is 9.81. The average molecular weight is 508 g/mol. The van der Waals surface area contributed by atoms with Gasteiger partial charge in [-0.25, -0.2) is 4.39 Å². The molecule has 0 radical (unpaired) electrons. The molecule has 8 heteroatoms. The van der Waals surface area contributed by atoms with E-state index in [2.05, 4.69) is 5.32 Å². The Bertz CT molecular complexity index is 1420. The van der Waals surface area contributed by atoms with Gasteiger partial charge in [-0.2, -0.15) is 0 Å². The molecule has 0 fully saturated rings. The molecule has 0 spiro atoms. The standard InChI is InChI=1S/C27H23ClFN3O2S/c1-31-22-9-5-3-7-20(22)24-25(26(34)30-14-17-10-12-19(29)13-11-17)32(23(33)16-35-27(24)31)15-18-6-2-4-8-21(18)28/h2-13,25H,14-16H2,1H3,(H,30,34)/t25-/m0/s1. The van der Waals surface area contributed by atoms with E-state index in [1.807, 2.05) is 54.1 Å². The SMILES string of the molecule is Cn1c2c(c3ccccc31)[C@@H](C(=O)NCc1ccc(F)cc1)N(Cc1ccccc1Cl)C(=O)CS2. The zero-order chi connectivity index (χ0) is 24.5. The van der Waals surface area contributed by atoms with Crippen LogP contribution in [0.5, 0.6) is 0 Å². The molecule has 1 aromatic heterocycles. The number of halogens is 2. The number of aromatic nitrogens is 1. The maximum Gasteiger partial charge on any atom is 0.247 e. The van der Waals surface area contributed by atoms with Crippen LogP contribution in [0, 0.1) is 5.82 Å². The Balaban J connectivity index is 1.59. The number of hydrogen-bond donors (Lipinski definition) is 1. The van der Waals surface area contributed by atoms with Crippen LogP contribution in [0.25, 0.3) is 10.9 Å². The van der Waals surface area contributed by atoms with E-state index in [9.17, 15) is 14.0 Å². The van der Waals surface area contributed by atoms with Crippen molar-refractivity contribution in [2.45, 2.75) is 24.2 Å². The van der Waals surface area contributed by atoms with Gasteiger partial charge >= 0.3 is 0 Å². The maximum atomic E-state index is 13.8. The number of nitrogens with zero attached hydrogens (tertiary/aromatic N) is 2. The second-order valence-electron chi connectivity index (χ2n) is 8.44. The van der Waals surface area contributed by atoms with E-state index >= 15 is 0 Å². The minimum Gasteiger partial charge on any atom is -0.350 e. The van der Waals surface area contributed by atoms with E-state index in [-0.39, 0.29) is 36.5 Å². The van der Waals surface area contributed by atoms with Gasteiger partial charge in [-0.15, -0.1) is 0 Å². The van der Waals surface area contributed by atoms with Gasteiger partial charge in [0.1, 0.15) is 11.9 Å². The van der Waals surface area contributed by atoms with Crippen molar-refractivity contribution in [3.63, 3.8) is 0 Å². The smallest absolute Gasteiger partial charge is 0.247 e. The van der Waals surface area contributed by atoms with Crippen LogP contribution in [0.3, 0.4) is 0 Å². The first-order chi connectivity index (χ1) is 16.9. The molecule has 0 unspecified atom stereocenters. The summed E-state index contributed by atoms with van der Waals surface area (Å²) in [6.45, 7) is 0.424. The van der Waals surface area contributed by atoms with Gasteiger partial charge in [0.05, 0.1) is 10.8 Å². The number of hydrogen-bond acceptors (Lipinski definition) is 3. The zero-order valence-electron chi connectivity index (χ0n) is 19.0. The van der Waals surface area contributed by atoms with E-state index in [1.165, 1.54) is 23.9 Å². The lowest BCUT2D eigenvalue weighted by Crippen LogP contribution is -2.43. The second kappa shape index (κ2) is 9.76. The monoisotopic (exact) mass is 507 g/mol. The molecule has 1 aliphatic heterocycles. The average Bonchev–Trinajstić information content (AvgIpc) is 3.05. The van der Waals surface area contributed by atoms with Crippen LogP contribution in [0.4, 0.5) is 4.39 Å². The molecule has 3 aromatic carbocycles. The largest absolute Gasteiger partial charge is 0.350 e. The zero-order valence-corrected chi connectivity index (χ0v) is 20.6. The third-order valence-electron chi connectivity index (χ3n) is 6.26. The molecule has 35 heavy (non-hydrogen) atoms. The van der Waals surface area contributed by atoms with Crippen molar-refractivity contribution in [1.29, 1.82) is 0 Å². The molecule has 178 valence electrons. The summed E-state index contributed by atoms with van der Waals surface area (Å²) < 4.78 is 15.4. The van der Waals surface area contributed by atoms with Crippen LogP contribution in [0.1, 0.15) is 22.7 Å². The number of fused-ring (bicyclic) bond motifs is 3. The van der Waals surface area contributed by atoms with Gasteiger partial charge in [0, 0.05) is 41.6 Å². The van der Waals surface area contributed by atoms with Gasteiger partial charge < -0.3 is 14.8 Å². The summed E-state index contributed by atoms with van der Waals surface area (Å²) >= 11 is 7.88. The number of nitrogens with one attached hydrogen (secondary N) is 1. The van der Waals surface area contributed by atoms with E-state index in [0.717, 1.165) is 32.6 Å². The number of aryl methyl sites for hydroxylation is 1. The highest BCUT2D eigenvalue weighted by molar-refractivity contribution is 8.00. The molecule has 0 bridgehead atoms. The number of amides is 2. The van der Waals surface area contributed by atoms with Crippen molar-refractivity contribution in [2.24, 2.45) is 7.05 Å². The van der Waals surface area contributed by atoms with E-state index in [4.69, 9.17) is 11.6 Å². The molecular formula is C27H23ClFN3O2S. The summed E-state index contributed by atoms with van der Waals surface area (Å²) in [5, 5.41) is 5.34. The number of para-hydroxylation sites is 1. The van der Waals surface area contributed by atoms with Gasteiger partial charge in [0.2, 0.25) is 11.8 Å². The molecule has 1 aliphatic rings. The van der Waals surface area contributed by atoms with Crippen LogP contribution >= 0.6 is 23.4 Å². The normalized spacial score (nSPS) is 15.7. The van der Waals surface area contributed by atoms with Crippen molar-refractivity contribution in [3.8, 4) is 0 Å². The molecule has 0 saturated carbocycles. The van der Waals surface area contributed by atoms with Crippen molar-refractivity contribution in [2.75, 3.05) is 5.75 Å². The number of benzene rings is 3.